The number of nitrogens with zero attached hydrogens (tertiary/aromatic N) is 3. The average molecular weight is 241 g/mol. The smallest absolute Gasteiger partial charge is 0.0966 e. The zero-order valence-corrected chi connectivity index (χ0v) is 11.0. The van der Waals surface area contributed by atoms with Gasteiger partial charge in [0, 0.05) is 30.9 Å². The van der Waals surface area contributed by atoms with Crippen molar-refractivity contribution in [1.29, 1.82) is 0 Å². The first-order valence-corrected chi connectivity index (χ1v) is 6.67. The summed E-state index contributed by atoms with van der Waals surface area (Å²) in [4.78, 5) is 11.3. The first kappa shape index (κ1) is 11.5. The molecule has 0 N–H and O–H groups in total. The number of aromatic nitrogens is 2. The van der Waals surface area contributed by atoms with Crippen LogP contribution in [-0.2, 0) is 0 Å². The third-order valence-electron chi connectivity index (χ3n) is 3.70. The van der Waals surface area contributed by atoms with Crippen molar-refractivity contribution in [2.45, 2.75) is 20.3 Å². The van der Waals surface area contributed by atoms with Crippen LogP contribution in [0.25, 0.3) is 10.9 Å². The normalized spacial score (nSPS) is 24.4. The van der Waals surface area contributed by atoms with Gasteiger partial charge < -0.3 is 4.90 Å². The van der Waals surface area contributed by atoms with E-state index in [-0.39, 0.29) is 0 Å². The minimum absolute atomic E-state index is 0.743. The SMILES string of the molecule is CC1CC(C)CN(c2cncc3cccnc23)C1. The fourth-order valence-electron chi connectivity index (χ4n) is 3.08. The van der Waals surface area contributed by atoms with Gasteiger partial charge in [-0.05, 0) is 30.4 Å². The van der Waals surface area contributed by atoms with E-state index in [4.69, 9.17) is 0 Å². The van der Waals surface area contributed by atoms with Crippen molar-refractivity contribution in [2.75, 3.05) is 18.0 Å². The Kier molecular flexibility index (Phi) is 2.90. The van der Waals surface area contributed by atoms with E-state index in [0.717, 1.165) is 35.8 Å². The number of pyridine rings is 2. The highest BCUT2D eigenvalue weighted by Gasteiger charge is 2.23. The van der Waals surface area contributed by atoms with Crippen molar-refractivity contribution in [2.24, 2.45) is 11.8 Å². The fourth-order valence-corrected chi connectivity index (χ4v) is 3.08. The predicted molar refractivity (Wildman–Crippen MR) is 74.7 cm³/mol. The van der Waals surface area contributed by atoms with Gasteiger partial charge in [0.05, 0.1) is 17.4 Å². The van der Waals surface area contributed by atoms with Gasteiger partial charge in [-0.1, -0.05) is 13.8 Å². The highest BCUT2D eigenvalue weighted by atomic mass is 15.2. The summed E-state index contributed by atoms with van der Waals surface area (Å²) < 4.78 is 0. The van der Waals surface area contributed by atoms with Crippen LogP contribution in [0.5, 0.6) is 0 Å². The zero-order chi connectivity index (χ0) is 12.5. The van der Waals surface area contributed by atoms with Gasteiger partial charge in [-0.15, -0.1) is 0 Å². The largest absolute Gasteiger partial charge is 0.368 e. The van der Waals surface area contributed by atoms with Crippen LogP contribution in [0.2, 0.25) is 0 Å². The molecule has 3 heteroatoms. The predicted octanol–water partition coefficient (Wildman–Crippen LogP) is 3.11. The van der Waals surface area contributed by atoms with Crippen molar-refractivity contribution < 1.29 is 0 Å². The molecular weight excluding hydrogens is 222 g/mol. The maximum atomic E-state index is 4.52. The van der Waals surface area contributed by atoms with Gasteiger partial charge in [-0.3, -0.25) is 9.97 Å². The summed E-state index contributed by atoms with van der Waals surface area (Å²) in [7, 11) is 0. The molecule has 18 heavy (non-hydrogen) atoms. The average Bonchev–Trinajstić information content (AvgIpc) is 2.37. The summed E-state index contributed by atoms with van der Waals surface area (Å²) in [6, 6.07) is 4.05. The summed E-state index contributed by atoms with van der Waals surface area (Å²) in [6.07, 6.45) is 7.04. The van der Waals surface area contributed by atoms with E-state index in [1.54, 1.807) is 0 Å². The summed E-state index contributed by atoms with van der Waals surface area (Å²) in [5, 5.41) is 1.13. The van der Waals surface area contributed by atoms with Crippen LogP contribution < -0.4 is 4.90 Å². The summed E-state index contributed by atoms with van der Waals surface area (Å²) in [6.45, 7) is 6.88. The Balaban J connectivity index is 2.03. The van der Waals surface area contributed by atoms with E-state index in [2.05, 4.69) is 34.8 Å². The number of piperidine rings is 1. The summed E-state index contributed by atoms with van der Waals surface area (Å²) in [5.74, 6) is 1.49. The molecule has 0 bridgehead atoms. The number of anilines is 1. The molecule has 0 saturated carbocycles. The molecule has 1 saturated heterocycles. The van der Waals surface area contributed by atoms with Crippen molar-refractivity contribution in [1.82, 2.24) is 9.97 Å². The topological polar surface area (TPSA) is 29.0 Å². The molecule has 0 aliphatic carbocycles. The Morgan fingerprint density at radius 3 is 2.72 bits per heavy atom. The van der Waals surface area contributed by atoms with E-state index in [0.29, 0.717) is 0 Å². The van der Waals surface area contributed by atoms with Crippen molar-refractivity contribution >= 4 is 16.6 Å². The van der Waals surface area contributed by atoms with E-state index < -0.39 is 0 Å². The van der Waals surface area contributed by atoms with Crippen LogP contribution in [0, 0.1) is 11.8 Å². The molecule has 3 nitrogen and oxygen atoms in total. The number of rotatable bonds is 1. The minimum atomic E-state index is 0.743. The quantitative estimate of drug-likeness (QED) is 0.768. The van der Waals surface area contributed by atoms with Crippen LogP contribution in [0.15, 0.2) is 30.7 Å². The Morgan fingerprint density at radius 2 is 1.94 bits per heavy atom. The molecule has 2 aromatic rings. The second-order valence-corrected chi connectivity index (χ2v) is 5.58. The molecule has 1 aliphatic heterocycles. The molecule has 2 aromatic heterocycles. The molecule has 0 radical (unpaired) electrons. The second kappa shape index (κ2) is 4.56. The van der Waals surface area contributed by atoms with Crippen molar-refractivity contribution in [3.63, 3.8) is 0 Å². The number of fused-ring (bicyclic) bond motifs is 1. The molecule has 1 fully saturated rings. The Labute approximate surface area is 108 Å². The first-order valence-electron chi connectivity index (χ1n) is 6.67. The highest BCUT2D eigenvalue weighted by Crippen LogP contribution is 2.29. The number of hydrogen-bond acceptors (Lipinski definition) is 3. The second-order valence-electron chi connectivity index (χ2n) is 5.58. The van der Waals surface area contributed by atoms with Gasteiger partial charge >= 0.3 is 0 Å². The molecule has 2 atom stereocenters. The van der Waals surface area contributed by atoms with E-state index in [9.17, 15) is 0 Å². The van der Waals surface area contributed by atoms with Crippen molar-refractivity contribution in [3.05, 3.63) is 30.7 Å². The Bertz CT molecular complexity index is 537. The van der Waals surface area contributed by atoms with E-state index >= 15 is 0 Å². The molecule has 3 heterocycles. The maximum absolute atomic E-state index is 4.52. The zero-order valence-electron chi connectivity index (χ0n) is 11.0. The minimum Gasteiger partial charge on any atom is -0.368 e. The van der Waals surface area contributed by atoms with Gasteiger partial charge in [0.1, 0.15) is 0 Å². The third kappa shape index (κ3) is 2.05. The lowest BCUT2D eigenvalue weighted by Gasteiger charge is -2.36. The maximum Gasteiger partial charge on any atom is 0.0966 e. The Hall–Kier alpha value is -1.64. The van der Waals surface area contributed by atoms with E-state index in [1.807, 2.05) is 24.7 Å². The van der Waals surface area contributed by atoms with Crippen LogP contribution >= 0.6 is 0 Å². The lowest BCUT2D eigenvalue weighted by molar-refractivity contribution is 0.357. The van der Waals surface area contributed by atoms with Gasteiger partial charge in [-0.2, -0.15) is 0 Å². The molecule has 0 amide bonds. The van der Waals surface area contributed by atoms with Gasteiger partial charge in [0.2, 0.25) is 0 Å². The molecule has 0 aromatic carbocycles. The standard InChI is InChI=1S/C15H19N3/c1-11-6-12(2)10-18(9-11)14-8-16-7-13-4-3-5-17-15(13)14/h3-5,7-8,11-12H,6,9-10H2,1-2H3. The van der Waals surface area contributed by atoms with Crippen LogP contribution in [0.4, 0.5) is 5.69 Å². The molecule has 94 valence electrons. The number of hydrogen-bond donors (Lipinski definition) is 0. The van der Waals surface area contributed by atoms with Crippen LogP contribution in [0.1, 0.15) is 20.3 Å². The summed E-state index contributed by atoms with van der Waals surface area (Å²) in [5.41, 5.74) is 2.26. The molecule has 0 spiro atoms. The van der Waals surface area contributed by atoms with Crippen LogP contribution in [0.3, 0.4) is 0 Å². The lowest BCUT2D eigenvalue weighted by atomic mass is 9.91. The summed E-state index contributed by atoms with van der Waals surface area (Å²) >= 11 is 0. The highest BCUT2D eigenvalue weighted by molar-refractivity contribution is 5.89. The van der Waals surface area contributed by atoms with Crippen molar-refractivity contribution in [3.8, 4) is 0 Å². The van der Waals surface area contributed by atoms with E-state index in [1.165, 1.54) is 12.1 Å². The molecular formula is C15H19N3. The first-order chi connectivity index (χ1) is 8.74. The monoisotopic (exact) mass is 241 g/mol. The fraction of sp³-hybridized carbons (Fsp3) is 0.467. The van der Waals surface area contributed by atoms with Crippen LogP contribution in [-0.4, -0.2) is 23.1 Å². The van der Waals surface area contributed by atoms with Gasteiger partial charge in [0.15, 0.2) is 0 Å². The van der Waals surface area contributed by atoms with Gasteiger partial charge in [-0.25, -0.2) is 0 Å². The molecule has 3 rings (SSSR count). The third-order valence-corrected chi connectivity index (χ3v) is 3.70. The lowest BCUT2D eigenvalue weighted by Crippen LogP contribution is -2.38. The molecule has 2 unspecified atom stereocenters. The Morgan fingerprint density at radius 1 is 1.17 bits per heavy atom. The molecule has 1 aliphatic rings. The van der Waals surface area contributed by atoms with Gasteiger partial charge in [0.25, 0.3) is 0 Å².